The Labute approximate surface area is 535 Å². The summed E-state index contributed by atoms with van der Waals surface area (Å²) < 4.78 is 8.33. The van der Waals surface area contributed by atoms with Gasteiger partial charge < -0.3 is 0 Å². The number of rotatable bonds is 0. The van der Waals surface area contributed by atoms with Gasteiger partial charge in [0.25, 0.3) is 0 Å². The maximum absolute atomic E-state index is 8.33. The molecule has 0 aromatic rings. The first-order valence-electron chi connectivity index (χ1n) is 0.825. The second kappa shape index (κ2) is 107000. The van der Waals surface area contributed by atoms with E-state index in [1.54, 1.807) is 0 Å². The first kappa shape index (κ1) is 8840. The topological polar surface area (TPSA) is 136 Å². The Morgan fingerprint density at radius 2 is 0.156 bits per heavy atom. The maximum Gasteiger partial charge on any atom is 0 e. The minimum atomic E-state index is 0. The molecule has 0 aromatic carbocycles. The molecule has 0 unspecified atom stereocenters. The van der Waals surface area contributed by atoms with Crippen molar-refractivity contribution in [3.63, 3.8) is 0 Å². The zero-order chi connectivity index (χ0) is 8.00. The molecule has 0 spiro atoms. The van der Waals surface area contributed by atoms with Gasteiger partial charge in [0.2, 0.25) is 0 Å². The summed E-state index contributed by atoms with van der Waals surface area (Å²) in [6, 6.07) is 0. The molecule has 478 valence electrons. The predicted octanol–water partition coefficient (Wildman–Crippen LogP) is 34.0. The molecule has 0 fully saturated rings. The van der Waals surface area contributed by atoms with Crippen molar-refractivity contribution in [2.75, 3.05) is 0 Å². The van der Waals surface area contributed by atoms with Gasteiger partial charge in [0.05, 0.1) is 0 Å². The molecule has 0 N–H and O–H groups in total. The van der Waals surface area contributed by atoms with E-state index in [0.717, 1.165) is 0 Å². The van der Waals surface area contributed by atoms with E-state index in [9.17, 15) is 0 Å². The molecule has 0 aliphatic carbocycles. The summed E-state index contributed by atoms with van der Waals surface area (Å²) in [5.74, 6) is 0. The van der Waals surface area contributed by atoms with Crippen molar-refractivity contribution in [2.45, 2.75) is 401 Å². The van der Waals surface area contributed by atoms with Crippen molar-refractivity contribution >= 4 is 51.4 Å². The molecule has 6 nitrogen and oxygen atoms in total. The molecule has 0 aromatic heterocycles. The van der Waals surface area contributed by atoms with Gasteiger partial charge in [-0.05, 0) is 0 Å². The summed E-state index contributed by atoms with van der Waals surface area (Å²) in [4.78, 5) is 0. The van der Waals surface area contributed by atoms with Gasteiger partial charge in [-0.25, -0.2) is 5.26 Å². The van der Waals surface area contributed by atoms with Crippen LogP contribution in [0.3, 0.4) is 0 Å². The SMILES string of the molecule is C.C.C.C.C.C.C.C.C.C.C.C.C.C.C.C.C.C.C.C.C.C.C.C.C.C.C.C.C.C.C.C.C.C.C.C.C.C.C.C.C.C.C.C.C.C.C.C.C.C.C.C.C.C.C#N.N#N.N#N.[K].[O]=[W].[Y]. The summed E-state index contributed by atoms with van der Waals surface area (Å²) in [7, 11) is 0. The number of hydrogen-bond donors (Lipinski definition) is 0. The van der Waals surface area contributed by atoms with Crippen molar-refractivity contribution in [1.29, 1.82) is 26.8 Å². The molecule has 0 bridgehead atoms. The molecule has 0 amide bonds. The molecule has 0 aliphatic heterocycles. The second-order valence-electron chi connectivity index (χ2n) is 0. The van der Waals surface area contributed by atoms with Crippen LogP contribution in [-0.4, -0.2) is 51.4 Å². The Kier molecular flexibility index (Phi) is 14800000. The van der Waals surface area contributed by atoms with Gasteiger partial charge in [0, 0.05) is 112 Å². The van der Waals surface area contributed by atoms with Crippen LogP contribution in [0.4, 0.5) is 0 Å². The van der Waals surface area contributed by atoms with E-state index in [4.69, 9.17) is 30.2 Å². The van der Waals surface area contributed by atoms with Crippen LogP contribution >= 0.6 is 0 Å². The van der Waals surface area contributed by atoms with Gasteiger partial charge in [-0.1, -0.05) is 401 Å². The average Bonchev–Trinajstić information content (AvgIpc) is 2.03. The van der Waals surface area contributed by atoms with Crippen molar-refractivity contribution in [2.24, 2.45) is 0 Å². The minimum Gasteiger partial charge on any atom is 0 e. The first-order valence-corrected chi connectivity index (χ1v) is 2.02. The van der Waals surface area contributed by atoms with Crippen molar-refractivity contribution in [3.8, 4) is 6.57 Å². The van der Waals surface area contributed by atoms with E-state index in [2.05, 4.69) is 6.57 Å². The van der Waals surface area contributed by atoms with Gasteiger partial charge in [0.1, 0.15) is 0 Å². The van der Waals surface area contributed by atoms with Crippen LogP contribution in [0, 0.1) is 33.4 Å². The monoisotopic (exact) mass is 1280 g/mol. The Hall–Kier alpha value is 1.56. The number of nitriles is 1. The zero-order valence-electron chi connectivity index (χ0n) is 5.21. The van der Waals surface area contributed by atoms with Gasteiger partial charge in [0.15, 0.2) is 0 Å². The standard InChI is InChI=1S/CHN.54CH4.K.2N2.O.W.Y/c1-2;;;;;;;;;;;;;;;;;;;;;;;;;;;;;;;;;;;;;;;;;;;;;;;;;;;;;;;;2*1-2;;;/h1H;54*1H4;;;;;;. The largest absolute Gasteiger partial charge is 0 e. The van der Waals surface area contributed by atoms with Crippen LogP contribution in [0.5, 0.6) is 0 Å². The van der Waals surface area contributed by atoms with E-state index >= 15 is 0 Å². The van der Waals surface area contributed by atoms with Crippen LogP contribution in [-0.2, 0) is 55.9 Å². The van der Waals surface area contributed by atoms with Crippen LogP contribution in [0.25, 0.3) is 0 Å². The zero-order valence-corrected chi connectivity index (χ0v) is 14.1. The van der Waals surface area contributed by atoms with E-state index in [0.29, 0.717) is 19.8 Å². The first-order chi connectivity index (χ1) is 4.00. The third-order valence-electron chi connectivity index (χ3n) is 0. The normalized spacial score (nSPS) is 0.156. The van der Waals surface area contributed by atoms with Gasteiger partial charge >= 0.3 is 23.2 Å². The molecule has 0 saturated heterocycles. The molecular formula is C55H217KN5OWY. The molecule has 2 radical (unpaired) electrons. The Balaban J connectivity index is -0.0000000000445. The van der Waals surface area contributed by atoms with Crippen LogP contribution in [0.2, 0.25) is 0 Å². The summed E-state index contributed by atoms with van der Waals surface area (Å²) >= 11 is 0.333. The Morgan fingerprint density at radius 1 is 0.156 bits per heavy atom. The van der Waals surface area contributed by atoms with Crippen LogP contribution in [0.15, 0.2) is 0 Å². The molecule has 9 heteroatoms. The molecule has 0 atom stereocenters. The fourth-order valence-electron chi connectivity index (χ4n) is 0. The van der Waals surface area contributed by atoms with E-state index in [1.807, 2.05) is 0 Å². The molecular weight excluding hydrogens is 1060 g/mol. The molecule has 0 aliphatic rings. The smallest absolute Gasteiger partial charge is 0 e. The molecule has 0 rings (SSSR count). The quantitative estimate of drug-likeness (QED) is 0.175. The molecule has 0 heterocycles. The van der Waals surface area contributed by atoms with Crippen LogP contribution in [0.1, 0.15) is 401 Å². The van der Waals surface area contributed by atoms with E-state index in [1.165, 1.54) is 0 Å². The number of hydrogen-bond acceptors (Lipinski definition) is 6. The summed E-state index contributed by atoms with van der Waals surface area (Å²) in [6.07, 6.45) is 0. The average molecular weight is 1280 g/mol. The summed E-state index contributed by atoms with van der Waals surface area (Å²) in [5, 5.41) is 30.5. The third-order valence-corrected chi connectivity index (χ3v) is 0. The van der Waals surface area contributed by atoms with Crippen LogP contribution < -0.4 is 0 Å². The van der Waals surface area contributed by atoms with Gasteiger partial charge in [-0.15, -0.1) is 0 Å². The maximum atomic E-state index is 8.33. The van der Waals surface area contributed by atoms with E-state index in [-0.39, 0.29) is 485 Å². The third kappa shape index (κ3) is 102000. The molecule has 0 saturated carbocycles. The second-order valence-corrected chi connectivity index (χ2v) is 0. The predicted molar refractivity (Wildman–Crippen MR) is 383 cm³/mol. The van der Waals surface area contributed by atoms with Gasteiger partial charge in [-0.2, -0.15) is 0 Å². The summed E-state index contributed by atoms with van der Waals surface area (Å²) in [6.45, 7) is 3.50. The Morgan fingerprint density at radius 3 is 0.156 bits per heavy atom. The van der Waals surface area contributed by atoms with Crippen molar-refractivity contribution in [3.05, 3.63) is 0 Å². The van der Waals surface area contributed by atoms with E-state index < -0.39 is 0 Å². The summed E-state index contributed by atoms with van der Waals surface area (Å²) in [5.41, 5.74) is 0. The fraction of sp³-hybridized carbons (Fsp3) is 0.982. The fourth-order valence-corrected chi connectivity index (χ4v) is 0. The Bertz CT molecular complexity index is 92.3. The minimum absolute atomic E-state index is 0. The molecule has 64 heavy (non-hydrogen) atoms. The van der Waals surface area contributed by atoms with Crippen molar-refractivity contribution < 1.29 is 55.9 Å². The number of nitrogens with zero attached hydrogens (tertiary/aromatic N) is 5. The van der Waals surface area contributed by atoms with Gasteiger partial charge in [-0.3, -0.25) is 0 Å². The van der Waals surface area contributed by atoms with Crippen molar-refractivity contribution in [1.82, 2.24) is 0 Å².